The zero-order valence-corrected chi connectivity index (χ0v) is 14.5. The predicted octanol–water partition coefficient (Wildman–Crippen LogP) is 3.97. The molecule has 0 radical (unpaired) electrons. The first-order valence-electron chi connectivity index (χ1n) is 8.73. The van der Waals surface area contributed by atoms with Gasteiger partial charge in [0, 0.05) is 19.3 Å². The quantitative estimate of drug-likeness (QED) is 0.917. The smallest absolute Gasteiger partial charge is 0.128 e. The van der Waals surface area contributed by atoms with Gasteiger partial charge in [0.1, 0.15) is 5.82 Å². The highest BCUT2D eigenvalue weighted by atomic mass is 16.3. The third-order valence-electron chi connectivity index (χ3n) is 5.86. The Labute approximate surface area is 134 Å². The van der Waals surface area contributed by atoms with Crippen LogP contribution in [0.4, 0.5) is 5.82 Å². The van der Waals surface area contributed by atoms with Crippen molar-refractivity contribution in [1.29, 1.82) is 0 Å². The molecule has 2 aliphatic rings. The first-order chi connectivity index (χ1) is 10.3. The summed E-state index contributed by atoms with van der Waals surface area (Å²) in [4.78, 5) is 7.01. The van der Waals surface area contributed by atoms with Gasteiger partial charge in [-0.05, 0) is 54.6 Å². The number of nitrogens with zero attached hydrogens (tertiary/aromatic N) is 2. The molecule has 2 fully saturated rings. The highest BCUT2D eigenvalue weighted by molar-refractivity contribution is 5.41. The lowest BCUT2D eigenvalue weighted by molar-refractivity contribution is -0.00541. The molecule has 3 nitrogen and oxygen atoms in total. The molecule has 2 heterocycles. The Balaban J connectivity index is 1.64. The van der Waals surface area contributed by atoms with E-state index < -0.39 is 5.60 Å². The zero-order chi connectivity index (χ0) is 16.0. The van der Waals surface area contributed by atoms with E-state index in [1.165, 1.54) is 18.4 Å². The Hall–Kier alpha value is -1.09. The van der Waals surface area contributed by atoms with Crippen LogP contribution in [0.25, 0.3) is 0 Å². The van der Waals surface area contributed by atoms with E-state index in [1.54, 1.807) is 0 Å². The third-order valence-corrected chi connectivity index (χ3v) is 5.86. The van der Waals surface area contributed by atoms with Gasteiger partial charge in [0.05, 0.1) is 5.60 Å². The first-order valence-corrected chi connectivity index (χ1v) is 8.73. The van der Waals surface area contributed by atoms with Crippen molar-refractivity contribution in [3.8, 4) is 0 Å². The fourth-order valence-electron chi connectivity index (χ4n) is 3.49. The molecule has 0 aromatic carbocycles. The van der Waals surface area contributed by atoms with Gasteiger partial charge in [-0.1, -0.05) is 33.8 Å². The zero-order valence-electron chi connectivity index (χ0n) is 14.5. The lowest BCUT2D eigenvalue weighted by atomic mass is 9.78. The minimum absolute atomic E-state index is 0.259. The van der Waals surface area contributed by atoms with Crippen molar-refractivity contribution < 1.29 is 5.11 Å². The Kier molecular flexibility index (Phi) is 3.96. The van der Waals surface area contributed by atoms with Crippen LogP contribution in [0.15, 0.2) is 18.3 Å². The summed E-state index contributed by atoms with van der Waals surface area (Å²) in [6.07, 6.45) is 6.24. The number of piperidine rings is 1. The molecule has 1 aliphatic heterocycles. The summed E-state index contributed by atoms with van der Waals surface area (Å²) in [5, 5.41) is 10.6. The van der Waals surface area contributed by atoms with Gasteiger partial charge in [0.25, 0.3) is 0 Å². The molecule has 3 heteroatoms. The maximum Gasteiger partial charge on any atom is 0.128 e. The van der Waals surface area contributed by atoms with Crippen LogP contribution in [-0.4, -0.2) is 28.8 Å². The van der Waals surface area contributed by atoms with Crippen LogP contribution >= 0.6 is 0 Å². The molecule has 3 rings (SSSR count). The van der Waals surface area contributed by atoms with Crippen LogP contribution in [0, 0.1) is 11.3 Å². The second-order valence-electron chi connectivity index (χ2n) is 8.40. The number of pyridine rings is 1. The Morgan fingerprint density at radius 2 is 1.86 bits per heavy atom. The van der Waals surface area contributed by atoms with Gasteiger partial charge in [-0.2, -0.15) is 0 Å². The van der Waals surface area contributed by atoms with Crippen molar-refractivity contribution in [3.63, 3.8) is 0 Å². The first kappa shape index (κ1) is 15.8. The van der Waals surface area contributed by atoms with Gasteiger partial charge in [-0.15, -0.1) is 0 Å². The second kappa shape index (κ2) is 5.52. The molecule has 1 N–H and O–H groups in total. The van der Waals surface area contributed by atoms with Gasteiger partial charge >= 0.3 is 0 Å². The standard InChI is InChI=1S/C19H30N2O/c1-14(18(2,3)4)15-5-8-17(20-13-15)21-11-9-19(22,10-12-21)16-6-7-16/h5,8,13-14,16,22H,6-7,9-12H2,1-4H3. The monoisotopic (exact) mass is 302 g/mol. The van der Waals surface area contributed by atoms with Gasteiger partial charge in [-0.25, -0.2) is 4.98 Å². The lowest BCUT2D eigenvalue weighted by Gasteiger charge is -2.39. The molecule has 1 saturated carbocycles. The minimum Gasteiger partial charge on any atom is -0.389 e. The summed E-state index contributed by atoms with van der Waals surface area (Å²) >= 11 is 0. The molecule has 1 unspecified atom stereocenters. The molecule has 1 atom stereocenters. The van der Waals surface area contributed by atoms with Crippen LogP contribution < -0.4 is 4.90 Å². The predicted molar refractivity (Wildman–Crippen MR) is 91.2 cm³/mol. The summed E-state index contributed by atoms with van der Waals surface area (Å²) in [5.41, 5.74) is 1.18. The van der Waals surface area contributed by atoms with E-state index in [0.717, 1.165) is 31.7 Å². The van der Waals surface area contributed by atoms with Crippen molar-refractivity contribution in [2.24, 2.45) is 11.3 Å². The number of aliphatic hydroxyl groups is 1. The normalized spacial score (nSPS) is 23.4. The molecule has 0 amide bonds. The van der Waals surface area contributed by atoms with Crippen molar-refractivity contribution in [1.82, 2.24) is 4.98 Å². The van der Waals surface area contributed by atoms with E-state index in [-0.39, 0.29) is 5.41 Å². The molecular formula is C19H30N2O. The van der Waals surface area contributed by atoms with Crippen molar-refractivity contribution in [2.45, 2.75) is 64.9 Å². The molecule has 0 bridgehead atoms. The fraction of sp³-hybridized carbons (Fsp3) is 0.737. The van der Waals surface area contributed by atoms with Crippen molar-refractivity contribution in [2.75, 3.05) is 18.0 Å². The summed E-state index contributed by atoms with van der Waals surface area (Å²) in [5.74, 6) is 2.12. The van der Waals surface area contributed by atoms with Crippen molar-refractivity contribution >= 4 is 5.82 Å². The van der Waals surface area contributed by atoms with Crippen LogP contribution in [0.5, 0.6) is 0 Å². The van der Waals surface area contributed by atoms with Gasteiger partial charge in [-0.3, -0.25) is 0 Å². The largest absolute Gasteiger partial charge is 0.389 e. The molecule has 1 aromatic rings. The Morgan fingerprint density at radius 3 is 2.32 bits per heavy atom. The average Bonchev–Trinajstić information content (AvgIpc) is 3.32. The van der Waals surface area contributed by atoms with Crippen LogP contribution in [0.1, 0.15) is 64.9 Å². The molecular weight excluding hydrogens is 272 g/mol. The third kappa shape index (κ3) is 3.15. The Morgan fingerprint density at radius 1 is 1.23 bits per heavy atom. The fourth-order valence-corrected chi connectivity index (χ4v) is 3.49. The second-order valence-corrected chi connectivity index (χ2v) is 8.40. The SMILES string of the molecule is CC(c1ccc(N2CCC(O)(C3CC3)CC2)nc1)C(C)(C)C. The van der Waals surface area contributed by atoms with Crippen LogP contribution in [-0.2, 0) is 0 Å². The minimum atomic E-state index is -0.392. The number of rotatable bonds is 3. The van der Waals surface area contributed by atoms with E-state index in [0.29, 0.717) is 11.8 Å². The molecule has 1 saturated heterocycles. The highest BCUT2D eigenvalue weighted by Gasteiger charge is 2.45. The number of anilines is 1. The van der Waals surface area contributed by atoms with E-state index in [9.17, 15) is 5.11 Å². The molecule has 122 valence electrons. The molecule has 1 aromatic heterocycles. The average molecular weight is 302 g/mol. The summed E-state index contributed by atoms with van der Waals surface area (Å²) in [7, 11) is 0. The molecule has 0 spiro atoms. The maximum atomic E-state index is 10.6. The van der Waals surface area contributed by atoms with Gasteiger partial charge in [0.15, 0.2) is 0 Å². The topological polar surface area (TPSA) is 36.4 Å². The molecule has 22 heavy (non-hydrogen) atoms. The van der Waals surface area contributed by atoms with E-state index >= 15 is 0 Å². The summed E-state index contributed by atoms with van der Waals surface area (Å²) in [6.45, 7) is 10.9. The van der Waals surface area contributed by atoms with E-state index in [4.69, 9.17) is 0 Å². The van der Waals surface area contributed by atoms with Crippen molar-refractivity contribution in [3.05, 3.63) is 23.9 Å². The summed E-state index contributed by atoms with van der Waals surface area (Å²) in [6, 6.07) is 4.37. The highest BCUT2D eigenvalue weighted by Crippen LogP contribution is 2.45. The lowest BCUT2D eigenvalue weighted by Crippen LogP contribution is -2.46. The maximum absolute atomic E-state index is 10.6. The van der Waals surface area contributed by atoms with E-state index in [1.807, 2.05) is 6.20 Å². The van der Waals surface area contributed by atoms with Gasteiger partial charge in [0.2, 0.25) is 0 Å². The van der Waals surface area contributed by atoms with Gasteiger partial charge < -0.3 is 10.0 Å². The summed E-state index contributed by atoms with van der Waals surface area (Å²) < 4.78 is 0. The number of hydrogen-bond acceptors (Lipinski definition) is 3. The number of hydrogen-bond donors (Lipinski definition) is 1. The van der Waals surface area contributed by atoms with Crippen LogP contribution in [0.3, 0.4) is 0 Å². The molecule has 1 aliphatic carbocycles. The number of aromatic nitrogens is 1. The van der Waals surface area contributed by atoms with E-state index in [2.05, 4.69) is 49.7 Å². The van der Waals surface area contributed by atoms with Crippen LogP contribution in [0.2, 0.25) is 0 Å². The Bertz CT molecular complexity index is 505.